The minimum atomic E-state index is 0.566. The lowest BCUT2D eigenvalue weighted by Crippen LogP contribution is -2.35. The average Bonchev–Trinajstić information content (AvgIpc) is 2.46. The minimum absolute atomic E-state index is 0.566. The van der Waals surface area contributed by atoms with Crippen LogP contribution < -0.4 is 0 Å². The average molecular weight is 259 g/mol. The summed E-state index contributed by atoms with van der Waals surface area (Å²) in [6.45, 7) is 11.8. The van der Waals surface area contributed by atoms with Crippen molar-refractivity contribution in [3.63, 3.8) is 0 Å². The van der Waals surface area contributed by atoms with Gasteiger partial charge in [0.1, 0.15) is 0 Å². The molecular formula is C18H29N. The summed E-state index contributed by atoms with van der Waals surface area (Å²) in [6, 6.07) is 9.74. The molecule has 0 aromatic heterocycles. The Bertz CT molecular complexity index is 388. The SMILES string of the molecule is CCC1CCN([C@@H](C)c2cccc(C(C)C)c2)CC1. The Morgan fingerprint density at radius 2 is 1.74 bits per heavy atom. The van der Waals surface area contributed by atoms with Crippen molar-refractivity contribution in [2.45, 2.75) is 58.9 Å². The van der Waals surface area contributed by atoms with Crippen LogP contribution in [0.25, 0.3) is 0 Å². The first-order chi connectivity index (χ1) is 9.11. The van der Waals surface area contributed by atoms with E-state index in [0.29, 0.717) is 12.0 Å². The first kappa shape index (κ1) is 14.6. The number of nitrogens with zero attached hydrogens (tertiary/aromatic N) is 1. The van der Waals surface area contributed by atoms with E-state index in [1.165, 1.54) is 43.5 Å². The summed E-state index contributed by atoms with van der Waals surface area (Å²) >= 11 is 0. The maximum absolute atomic E-state index is 2.66. The molecule has 1 fully saturated rings. The Kier molecular flexibility index (Phi) is 5.04. The van der Waals surface area contributed by atoms with E-state index >= 15 is 0 Å². The number of likely N-dealkylation sites (tertiary alicyclic amines) is 1. The molecule has 0 bridgehead atoms. The lowest BCUT2D eigenvalue weighted by atomic mass is 9.92. The number of piperidine rings is 1. The third kappa shape index (κ3) is 3.60. The molecule has 0 amide bonds. The quantitative estimate of drug-likeness (QED) is 0.736. The fourth-order valence-corrected chi connectivity index (χ4v) is 3.14. The molecule has 19 heavy (non-hydrogen) atoms. The Morgan fingerprint density at radius 1 is 1.11 bits per heavy atom. The maximum atomic E-state index is 2.66. The molecule has 1 atom stereocenters. The van der Waals surface area contributed by atoms with Gasteiger partial charge in [-0.05, 0) is 55.8 Å². The van der Waals surface area contributed by atoms with E-state index in [0.717, 1.165) is 5.92 Å². The second-order valence-electron chi connectivity index (χ2n) is 6.39. The van der Waals surface area contributed by atoms with Crippen LogP contribution in [0.4, 0.5) is 0 Å². The monoisotopic (exact) mass is 259 g/mol. The molecule has 1 aromatic carbocycles. The van der Waals surface area contributed by atoms with Gasteiger partial charge in [-0.3, -0.25) is 4.90 Å². The third-order valence-corrected chi connectivity index (χ3v) is 4.83. The van der Waals surface area contributed by atoms with Gasteiger partial charge in [0.2, 0.25) is 0 Å². The lowest BCUT2D eigenvalue weighted by Gasteiger charge is -2.36. The normalized spacial score (nSPS) is 19.8. The van der Waals surface area contributed by atoms with Gasteiger partial charge in [-0.25, -0.2) is 0 Å². The molecule has 1 heteroatoms. The number of benzene rings is 1. The standard InChI is InChI=1S/C18H29N/c1-5-16-9-11-19(12-10-16)15(4)18-8-6-7-17(13-18)14(2)3/h6-8,13-16H,5,9-12H2,1-4H3/t15-/m0/s1. The van der Waals surface area contributed by atoms with Crippen molar-refractivity contribution < 1.29 is 0 Å². The first-order valence-corrected chi connectivity index (χ1v) is 7.95. The molecule has 1 heterocycles. The first-order valence-electron chi connectivity index (χ1n) is 7.95. The van der Waals surface area contributed by atoms with E-state index in [1.54, 1.807) is 0 Å². The van der Waals surface area contributed by atoms with Gasteiger partial charge in [0.15, 0.2) is 0 Å². The van der Waals surface area contributed by atoms with Crippen LogP contribution in [-0.2, 0) is 0 Å². The summed E-state index contributed by atoms with van der Waals surface area (Å²) < 4.78 is 0. The van der Waals surface area contributed by atoms with Crippen LogP contribution in [0, 0.1) is 5.92 Å². The third-order valence-electron chi connectivity index (χ3n) is 4.83. The van der Waals surface area contributed by atoms with Gasteiger partial charge < -0.3 is 0 Å². The Labute approximate surface area is 119 Å². The predicted octanol–water partition coefficient (Wildman–Crippen LogP) is 4.99. The highest BCUT2D eigenvalue weighted by Crippen LogP contribution is 2.29. The van der Waals surface area contributed by atoms with Crippen molar-refractivity contribution in [1.82, 2.24) is 4.90 Å². The molecule has 2 rings (SSSR count). The Hall–Kier alpha value is -0.820. The molecule has 1 saturated heterocycles. The highest BCUT2D eigenvalue weighted by atomic mass is 15.2. The second kappa shape index (κ2) is 6.56. The summed E-state index contributed by atoms with van der Waals surface area (Å²) in [5.74, 6) is 1.59. The molecule has 1 aromatic rings. The topological polar surface area (TPSA) is 3.24 Å². The van der Waals surface area contributed by atoms with Crippen LogP contribution in [0.5, 0.6) is 0 Å². The van der Waals surface area contributed by atoms with Crippen molar-refractivity contribution in [2.75, 3.05) is 13.1 Å². The highest BCUT2D eigenvalue weighted by molar-refractivity contribution is 5.27. The highest BCUT2D eigenvalue weighted by Gasteiger charge is 2.22. The van der Waals surface area contributed by atoms with Crippen LogP contribution in [0.15, 0.2) is 24.3 Å². The summed E-state index contributed by atoms with van der Waals surface area (Å²) in [5, 5.41) is 0. The molecule has 1 aliphatic rings. The zero-order valence-corrected chi connectivity index (χ0v) is 13.0. The van der Waals surface area contributed by atoms with Crippen molar-refractivity contribution in [3.05, 3.63) is 35.4 Å². The molecule has 0 N–H and O–H groups in total. The van der Waals surface area contributed by atoms with E-state index in [9.17, 15) is 0 Å². The molecule has 1 nitrogen and oxygen atoms in total. The fourth-order valence-electron chi connectivity index (χ4n) is 3.14. The van der Waals surface area contributed by atoms with Crippen molar-refractivity contribution in [2.24, 2.45) is 5.92 Å². The number of hydrogen-bond donors (Lipinski definition) is 0. The lowest BCUT2D eigenvalue weighted by molar-refractivity contribution is 0.139. The van der Waals surface area contributed by atoms with Gasteiger partial charge in [-0.2, -0.15) is 0 Å². The van der Waals surface area contributed by atoms with Crippen LogP contribution in [0.3, 0.4) is 0 Å². The minimum Gasteiger partial charge on any atom is -0.297 e. The van der Waals surface area contributed by atoms with Crippen LogP contribution >= 0.6 is 0 Å². The molecule has 0 aliphatic carbocycles. The summed E-state index contributed by atoms with van der Waals surface area (Å²) in [7, 11) is 0. The second-order valence-corrected chi connectivity index (χ2v) is 6.39. The number of hydrogen-bond acceptors (Lipinski definition) is 1. The van der Waals surface area contributed by atoms with Crippen LogP contribution in [0.1, 0.15) is 70.0 Å². The van der Waals surface area contributed by atoms with Gasteiger partial charge in [-0.1, -0.05) is 51.5 Å². The molecule has 1 aliphatic heterocycles. The van der Waals surface area contributed by atoms with E-state index in [4.69, 9.17) is 0 Å². The smallest absolute Gasteiger partial charge is 0.0319 e. The Balaban J connectivity index is 2.03. The van der Waals surface area contributed by atoms with E-state index in [1.807, 2.05) is 0 Å². The molecule has 0 radical (unpaired) electrons. The predicted molar refractivity (Wildman–Crippen MR) is 83.5 cm³/mol. The molecular weight excluding hydrogens is 230 g/mol. The van der Waals surface area contributed by atoms with E-state index < -0.39 is 0 Å². The van der Waals surface area contributed by atoms with Crippen molar-refractivity contribution in [3.8, 4) is 0 Å². The maximum Gasteiger partial charge on any atom is 0.0319 e. The molecule has 0 saturated carbocycles. The van der Waals surface area contributed by atoms with Crippen LogP contribution in [-0.4, -0.2) is 18.0 Å². The van der Waals surface area contributed by atoms with Crippen molar-refractivity contribution in [1.29, 1.82) is 0 Å². The van der Waals surface area contributed by atoms with Gasteiger partial charge in [0, 0.05) is 6.04 Å². The molecule has 0 unspecified atom stereocenters. The molecule has 106 valence electrons. The van der Waals surface area contributed by atoms with Crippen LogP contribution in [0.2, 0.25) is 0 Å². The summed E-state index contributed by atoms with van der Waals surface area (Å²) in [4.78, 5) is 2.66. The van der Waals surface area contributed by atoms with Gasteiger partial charge in [0.25, 0.3) is 0 Å². The van der Waals surface area contributed by atoms with Gasteiger partial charge >= 0.3 is 0 Å². The zero-order chi connectivity index (χ0) is 13.8. The van der Waals surface area contributed by atoms with E-state index in [-0.39, 0.29) is 0 Å². The van der Waals surface area contributed by atoms with Gasteiger partial charge in [-0.15, -0.1) is 0 Å². The largest absolute Gasteiger partial charge is 0.297 e. The summed E-state index contributed by atoms with van der Waals surface area (Å²) in [5.41, 5.74) is 2.95. The van der Waals surface area contributed by atoms with E-state index in [2.05, 4.69) is 56.9 Å². The number of rotatable bonds is 4. The fraction of sp³-hybridized carbons (Fsp3) is 0.667. The van der Waals surface area contributed by atoms with Gasteiger partial charge in [0.05, 0.1) is 0 Å². The molecule has 0 spiro atoms. The summed E-state index contributed by atoms with van der Waals surface area (Å²) in [6.07, 6.45) is 4.11. The Morgan fingerprint density at radius 3 is 2.32 bits per heavy atom. The van der Waals surface area contributed by atoms with Crippen molar-refractivity contribution >= 4 is 0 Å². The zero-order valence-electron chi connectivity index (χ0n) is 13.0.